The van der Waals surface area contributed by atoms with Gasteiger partial charge in [0.2, 0.25) is 0 Å². The van der Waals surface area contributed by atoms with Gasteiger partial charge < -0.3 is 15.0 Å². The number of likely N-dealkylation sites (N-methyl/N-ethyl adjacent to an activating group) is 1. The van der Waals surface area contributed by atoms with Crippen LogP contribution in [0.1, 0.15) is 19.7 Å². The molecule has 2 N–H and O–H groups in total. The molecule has 1 aliphatic rings. The molecule has 0 saturated carbocycles. The van der Waals surface area contributed by atoms with Gasteiger partial charge in [0.15, 0.2) is 0 Å². The van der Waals surface area contributed by atoms with Gasteiger partial charge in [-0.05, 0) is 13.5 Å². The van der Waals surface area contributed by atoms with Gasteiger partial charge in [0.25, 0.3) is 0 Å². The molecule has 18 heavy (non-hydrogen) atoms. The van der Waals surface area contributed by atoms with Crippen molar-refractivity contribution in [3.63, 3.8) is 0 Å². The lowest BCUT2D eigenvalue weighted by molar-refractivity contribution is -0.145. The van der Waals surface area contributed by atoms with Gasteiger partial charge >= 0.3 is 5.97 Å². The summed E-state index contributed by atoms with van der Waals surface area (Å²) in [5.74, 6) is 0.198. The standard InChI is InChI=1S/C12H20N4O2/c1-3-14-12(2,11(17)18)9-15-6-7-16-5-4-13-10(16)8-15/h4-5,14H,3,6-9H2,1-2H3,(H,17,18). The van der Waals surface area contributed by atoms with Crippen LogP contribution in [0.2, 0.25) is 0 Å². The molecule has 1 aromatic heterocycles. The molecule has 0 saturated heterocycles. The maximum atomic E-state index is 11.4. The molecule has 0 bridgehead atoms. The van der Waals surface area contributed by atoms with E-state index < -0.39 is 11.5 Å². The van der Waals surface area contributed by atoms with Crippen molar-refractivity contribution in [1.29, 1.82) is 0 Å². The smallest absolute Gasteiger partial charge is 0.324 e. The van der Waals surface area contributed by atoms with Crippen molar-refractivity contribution in [2.75, 3.05) is 19.6 Å². The number of hydrogen-bond acceptors (Lipinski definition) is 4. The molecular weight excluding hydrogens is 232 g/mol. The predicted molar refractivity (Wildman–Crippen MR) is 67.2 cm³/mol. The van der Waals surface area contributed by atoms with Crippen molar-refractivity contribution in [1.82, 2.24) is 19.8 Å². The fraction of sp³-hybridized carbons (Fsp3) is 0.667. The third-order valence-electron chi connectivity index (χ3n) is 3.40. The molecule has 2 rings (SSSR count). The molecule has 1 aromatic rings. The average molecular weight is 252 g/mol. The Bertz CT molecular complexity index is 431. The van der Waals surface area contributed by atoms with E-state index >= 15 is 0 Å². The third-order valence-corrected chi connectivity index (χ3v) is 3.40. The number of carboxylic acids is 1. The van der Waals surface area contributed by atoms with E-state index in [9.17, 15) is 9.90 Å². The van der Waals surface area contributed by atoms with E-state index in [1.807, 2.05) is 13.1 Å². The minimum absolute atomic E-state index is 0.489. The molecule has 0 fully saturated rings. The molecule has 0 spiro atoms. The van der Waals surface area contributed by atoms with Crippen LogP contribution in [0.3, 0.4) is 0 Å². The monoisotopic (exact) mass is 252 g/mol. The Morgan fingerprint density at radius 3 is 3.06 bits per heavy atom. The van der Waals surface area contributed by atoms with Crippen LogP contribution in [-0.4, -0.2) is 50.7 Å². The van der Waals surface area contributed by atoms with E-state index in [4.69, 9.17) is 0 Å². The fourth-order valence-corrected chi connectivity index (χ4v) is 2.39. The Morgan fingerprint density at radius 1 is 1.61 bits per heavy atom. The highest BCUT2D eigenvalue weighted by atomic mass is 16.4. The number of hydrogen-bond donors (Lipinski definition) is 2. The Kier molecular flexibility index (Phi) is 3.68. The minimum Gasteiger partial charge on any atom is -0.480 e. The summed E-state index contributed by atoms with van der Waals surface area (Å²) in [5, 5.41) is 12.4. The van der Waals surface area contributed by atoms with Crippen LogP contribution in [0, 0.1) is 0 Å². The normalized spacial score (nSPS) is 19.2. The Hall–Kier alpha value is -1.40. The van der Waals surface area contributed by atoms with Crippen molar-refractivity contribution in [3.8, 4) is 0 Å². The summed E-state index contributed by atoms with van der Waals surface area (Å²) in [6.45, 7) is 7.23. The quantitative estimate of drug-likeness (QED) is 0.780. The minimum atomic E-state index is -0.899. The molecule has 0 radical (unpaired) electrons. The molecule has 0 aromatic carbocycles. The number of aliphatic carboxylic acids is 1. The molecule has 1 aliphatic heterocycles. The molecule has 0 amide bonds. The first kappa shape index (κ1) is 13.0. The van der Waals surface area contributed by atoms with E-state index in [1.165, 1.54) is 0 Å². The summed E-state index contributed by atoms with van der Waals surface area (Å²) in [4.78, 5) is 17.8. The molecule has 0 aliphatic carbocycles. The van der Waals surface area contributed by atoms with Crippen molar-refractivity contribution in [2.45, 2.75) is 32.5 Å². The van der Waals surface area contributed by atoms with Gasteiger partial charge in [0.1, 0.15) is 11.4 Å². The lowest BCUT2D eigenvalue weighted by Gasteiger charge is -2.35. The van der Waals surface area contributed by atoms with E-state index in [0.29, 0.717) is 19.6 Å². The molecular formula is C12H20N4O2. The second kappa shape index (κ2) is 5.07. The van der Waals surface area contributed by atoms with Crippen molar-refractivity contribution in [3.05, 3.63) is 18.2 Å². The van der Waals surface area contributed by atoms with Crippen LogP contribution in [0.5, 0.6) is 0 Å². The molecule has 6 heteroatoms. The van der Waals surface area contributed by atoms with Gasteiger partial charge in [-0.3, -0.25) is 9.69 Å². The highest BCUT2D eigenvalue weighted by Crippen LogP contribution is 2.14. The van der Waals surface area contributed by atoms with Crippen LogP contribution in [0.25, 0.3) is 0 Å². The first-order valence-electron chi connectivity index (χ1n) is 6.26. The number of carbonyl (C=O) groups is 1. The molecule has 100 valence electrons. The van der Waals surface area contributed by atoms with Gasteiger partial charge in [0, 0.05) is 32.0 Å². The number of aromatic nitrogens is 2. The number of nitrogens with one attached hydrogen (secondary N) is 1. The SMILES string of the molecule is CCNC(C)(CN1CCn2ccnc2C1)C(=O)O. The van der Waals surface area contributed by atoms with Gasteiger partial charge in [-0.2, -0.15) is 0 Å². The largest absolute Gasteiger partial charge is 0.480 e. The Morgan fingerprint density at radius 2 is 2.39 bits per heavy atom. The maximum Gasteiger partial charge on any atom is 0.324 e. The van der Waals surface area contributed by atoms with Crippen LogP contribution in [-0.2, 0) is 17.9 Å². The topological polar surface area (TPSA) is 70.4 Å². The highest BCUT2D eigenvalue weighted by molar-refractivity contribution is 5.78. The van der Waals surface area contributed by atoms with Crippen molar-refractivity contribution in [2.24, 2.45) is 0 Å². The Labute approximate surface area is 107 Å². The van der Waals surface area contributed by atoms with Gasteiger partial charge in [0.05, 0.1) is 6.54 Å². The van der Waals surface area contributed by atoms with Crippen LogP contribution >= 0.6 is 0 Å². The van der Waals surface area contributed by atoms with Crippen molar-refractivity contribution >= 4 is 5.97 Å². The average Bonchev–Trinajstić information content (AvgIpc) is 2.76. The van der Waals surface area contributed by atoms with E-state index in [1.54, 1.807) is 13.1 Å². The van der Waals surface area contributed by atoms with E-state index in [-0.39, 0.29) is 0 Å². The molecule has 6 nitrogen and oxygen atoms in total. The van der Waals surface area contributed by atoms with E-state index in [2.05, 4.69) is 19.8 Å². The number of imidazole rings is 1. The van der Waals surface area contributed by atoms with Crippen molar-refractivity contribution < 1.29 is 9.90 Å². The molecule has 2 heterocycles. The summed E-state index contributed by atoms with van der Waals surface area (Å²) in [5.41, 5.74) is -0.899. The zero-order valence-electron chi connectivity index (χ0n) is 10.9. The maximum absolute atomic E-state index is 11.4. The number of rotatable bonds is 5. The zero-order valence-corrected chi connectivity index (χ0v) is 10.9. The second-order valence-corrected chi connectivity index (χ2v) is 4.92. The van der Waals surface area contributed by atoms with Gasteiger partial charge in [-0.25, -0.2) is 4.98 Å². The molecule has 1 atom stereocenters. The van der Waals surface area contributed by atoms with Crippen LogP contribution in [0.15, 0.2) is 12.4 Å². The first-order chi connectivity index (χ1) is 8.55. The number of carboxylic acid groups (broad SMARTS) is 1. The van der Waals surface area contributed by atoms with Gasteiger partial charge in [-0.15, -0.1) is 0 Å². The third kappa shape index (κ3) is 2.54. The molecule has 1 unspecified atom stereocenters. The zero-order chi connectivity index (χ0) is 13.2. The summed E-state index contributed by atoms with van der Waals surface area (Å²) in [6, 6.07) is 0. The summed E-state index contributed by atoms with van der Waals surface area (Å²) in [6.07, 6.45) is 3.76. The summed E-state index contributed by atoms with van der Waals surface area (Å²) in [7, 11) is 0. The lowest BCUT2D eigenvalue weighted by atomic mass is 10.0. The first-order valence-corrected chi connectivity index (χ1v) is 6.26. The second-order valence-electron chi connectivity index (χ2n) is 4.92. The lowest BCUT2D eigenvalue weighted by Crippen LogP contribution is -2.57. The summed E-state index contributed by atoms with van der Waals surface area (Å²) < 4.78 is 2.11. The highest BCUT2D eigenvalue weighted by Gasteiger charge is 2.35. The number of fused-ring (bicyclic) bond motifs is 1. The Balaban J connectivity index is 2.03. The number of nitrogens with zero attached hydrogens (tertiary/aromatic N) is 3. The van der Waals surface area contributed by atoms with E-state index in [0.717, 1.165) is 18.9 Å². The van der Waals surface area contributed by atoms with Crippen LogP contribution in [0.4, 0.5) is 0 Å². The predicted octanol–water partition coefficient (Wildman–Crippen LogP) is 0.151. The van der Waals surface area contributed by atoms with Gasteiger partial charge in [-0.1, -0.05) is 6.92 Å². The fourth-order valence-electron chi connectivity index (χ4n) is 2.39. The summed E-state index contributed by atoms with van der Waals surface area (Å²) >= 11 is 0. The van der Waals surface area contributed by atoms with Crippen LogP contribution < -0.4 is 5.32 Å².